The van der Waals surface area contributed by atoms with Crippen molar-refractivity contribution in [2.75, 3.05) is 0 Å². The number of hydrogen-bond donors (Lipinski definition) is 0. The number of rotatable bonds is 1. The Bertz CT molecular complexity index is 171. The minimum Gasteiger partial charge on any atom is -0.335 e. The Morgan fingerprint density at radius 2 is 2.33 bits per heavy atom. The Labute approximate surface area is 65.7 Å². The summed E-state index contributed by atoms with van der Waals surface area (Å²) in [7, 11) is 0. The second kappa shape index (κ2) is 3.67. The Morgan fingerprint density at radius 1 is 1.67 bits per heavy atom. The maximum atomic E-state index is 3.96. The summed E-state index contributed by atoms with van der Waals surface area (Å²) in [6.07, 6.45) is 3.71. The zero-order valence-electron chi connectivity index (χ0n) is 5.66. The number of halogens is 1. The molecule has 0 N–H and O–H groups in total. The molecule has 0 aliphatic carbocycles. The van der Waals surface area contributed by atoms with Gasteiger partial charge in [0.25, 0.3) is 0 Å². The fourth-order valence-corrected chi connectivity index (χ4v) is 0.718. The number of imidazole rings is 1. The van der Waals surface area contributed by atoms with Crippen molar-refractivity contribution in [3.8, 4) is 0 Å². The topological polar surface area (TPSA) is 17.8 Å². The fraction of sp³-hybridized carbons (Fsp3) is 0.500. The molecular formula is C6H11BrN2. The Morgan fingerprint density at radius 3 is 2.56 bits per heavy atom. The van der Waals surface area contributed by atoms with Gasteiger partial charge in [0.2, 0.25) is 0 Å². The largest absolute Gasteiger partial charge is 0.335 e. The van der Waals surface area contributed by atoms with Gasteiger partial charge in [-0.1, -0.05) is 0 Å². The average Bonchev–Trinajstić information content (AvgIpc) is 2.14. The molecule has 0 aromatic carbocycles. The molecule has 0 amide bonds. The number of hydrogen-bond acceptors (Lipinski definition) is 1. The molecule has 0 aliphatic heterocycles. The molecule has 1 rings (SSSR count). The van der Waals surface area contributed by atoms with E-state index in [1.54, 1.807) is 0 Å². The molecule has 1 heterocycles. The molecule has 0 unspecified atom stereocenters. The lowest BCUT2D eigenvalue weighted by Crippen LogP contribution is -1.92. The van der Waals surface area contributed by atoms with Gasteiger partial charge in [0.05, 0.1) is 6.33 Å². The molecule has 0 saturated heterocycles. The quantitative estimate of drug-likeness (QED) is 0.661. The van der Waals surface area contributed by atoms with Gasteiger partial charge in [-0.2, -0.15) is 0 Å². The second-order valence-corrected chi connectivity index (χ2v) is 1.82. The number of nitrogens with zero attached hydrogens (tertiary/aromatic N) is 2. The molecular weight excluding hydrogens is 180 g/mol. The van der Waals surface area contributed by atoms with Gasteiger partial charge in [0.15, 0.2) is 0 Å². The van der Waals surface area contributed by atoms with E-state index in [9.17, 15) is 0 Å². The molecule has 0 radical (unpaired) electrons. The van der Waals surface area contributed by atoms with E-state index in [1.165, 1.54) is 5.69 Å². The summed E-state index contributed by atoms with van der Waals surface area (Å²) in [6, 6.07) is 0. The van der Waals surface area contributed by atoms with Crippen molar-refractivity contribution in [2.24, 2.45) is 0 Å². The molecule has 52 valence electrons. The van der Waals surface area contributed by atoms with Crippen LogP contribution in [0.2, 0.25) is 0 Å². The first-order chi connectivity index (χ1) is 3.84. The van der Waals surface area contributed by atoms with Crippen LogP contribution < -0.4 is 0 Å². The summed E-state index contributed by atoms with van der Waals surface area (Å²) in [5.74, 6) is 0. The van der Waals surface area contributed by atoms with Crippen LogP contribution in [0, 0.1) is 6.92 Å². The monoisotopic (exact) mass is 190 g/mol. The molecule has 0 aliphatic rings. The normalized spacial score (nSPS) is 8.67. The molecule has 1 aromatic heterocycles. The van der Waals surface area contributed by atoms with Crippen LogP contribution in [0.5, 0.6) is 0 Å². The average molecular weight is 191 g/mol. The summed E-state index contributed by atoms with van der Waals surface area (Å²) < 4.78 is 2.10. The van der Waals surface area contributed by atoms with E-state index in [4.69, 9.17) is 0 Å². The van der Waals surface area contributed by atoms with Gasteiger partial charge in [0.1, 0.15) is 0 Å². The second-order valence-electron chi connectivity index (χ2n) is 1.82. The van der Waals surface area contributed by atoms with Crippen LogP contribution in [-0.2, 0) is 6.54 Å². The van der Waals surface area contributed by atoms with Gasteiger partial charge >= 0.3 is 0 Å². The van der Waals surface area contributed by atoms with Crippen LogP contribution in [0.25, 0.3) is 0 Å². The lowest BCUT2D eigenvalue weighted by atomic mass is 10.5. The predicted octanol–water partition coefficient (Wildman–Crippen LogP) is 1.79. The molecule has 0 atom stereocenters. The maximum absolute atomic E-state index is 3.96. The molecule has 3 heteroatoms. The summed E-state index contributed by atoms with van der Waals surface area (Å²) in [6.45, 7) is 5.18. The minimum atomic E-state index is 0. The third-order valence-corrected chi connectivity index (χ3v) is 1.26. The minimum absolute atomic E-state index is 0. The van der Waals surface area contributed by atoms with E-state index < -0.39 is 0 Å². The first-order valence-electron chi connectivity index (χ1n) is 2.81. The molecule has 0 bridgehead atoms. The summed E-state index contributed by atoms with van der Waals surface area (Å²) in [4.78, 5) is 3.96. The lowest BCUT2D eigenvalue weighted by Gasteiger charge is -1.95. The third-order valence-electron chi connectivity index (χ3n) is 1.26. The van der Waals surface area contributed by atoms with Crippen molar-refractivity contribution in [3.63, 3.8) is 0 Å². The highest BCUT2D eigenvalue weighted by atomic mass is 79.9. The summed E-state index contributed by atoms with van der Waals surface area (Å²) in [5.41, 5.74) is 1.23. The standard InChI is InChI=1S/C6H10N2.BrH/c1-3-8-5-7-4-6(8)2;/h4-5H,3H2,1-2H3;1H. The third kappa shape index (κ3) is 1.82. The van der Waals surface area contributed by atoms with Crippen LogP contribution in [0.4, 0.5) is 0 Å². The maximum Gasteiger partial charge on any atom is 0.0947 e. The SMILES string of the molecule is Br.CCn1cncc1C. The molecule has 0 saturated carbocycles. The highest BCUT2D eigenvalue weighted by Gasteiger charge is 1.88. The van der Waals surface area contributed by atoms with Crippen molar-refractivity contribution in [1.82, 2.24) is 9.55 Å². The summed E-state index contributed by atoms with van der Waals surface area (Å²) in [5, 5.41) is 0. The van der Waals surface area contributed by atoms with Gasteiger partial charge in [-0.05, 0) is 13.8 Å². The van der Waals surface area contributed by atoms with Gasteiger partial charge in [0, 0.05) is 18.4 Å². The van der Waals surface area contributed by atoms with E-state index in [-0.39, 0.29) is 17.0 Å². The van der Waals surface area contributed by atoms with E-state index in [0.717, 1.165) is 6.54 Å². The zero-order valence-corrected chi connectivity index (χ0v) is 7.38. The van der Waals surface area contributed by atoms with Crippen LogP contribution in [-0.4, -0.2) is 9.55 Å². The number of aromatic nitrogens is 2. The van der Waals surface area contributed by atoms with E-state index in [0.29, 0.717) is 0 Å². The van der Waals surface area contributed by atoms with Crippen molar-refractivity contribution < 1.29 is 0 Å². The first-order valence-corrected chi connectivity index (χ1v) is 2.81. The summed E-state index contributed by atoms with van der Waals surface area (Å²) >= 11 is 0. The smallest absolute Gasteiger partial charge is 0.0947 e. The van der Waals surface area contributed by atoms with Crippen molar-refractivity contribution >= 4 is 17.0 Å². The Balaban J connectivity index is 0.000000640. The number of aryl methyl sites for hydroxylation is 2. The van der Waals surface area contributed by atoms with E-state index in [2.05, 4.69) is 23.4 Å². The van der Waals surface area contributed by atoms with E-state index >= 15 is 0 Å². The lowest BCUT2D eigenvalue weighted by molar-refractivity contribution is 0.737. The molecule has 1 aromatic rings. The van der Waals surface area contributed by atoms with Crippen LogP contribution in [0.1, 0.15) is 12.6 Å². The van der Waals surface area contributed by atoms with Crippen LogP contribution in [0.15, 0.2) is 12.5 Å². The molecule has 0 fully saturated rings. The van der Waals surface area contributed by atoms with Crippen molar-refractivity contribution in [1.29, 1.82) is 0 Å². The fourth-order valence-electron chi connectivity index (χ4n) is 0.718. The van der Waals surface area contributed by atoms with Crippen LogP contribution >= 0.6 is 17.0 Å². The molecule has 2 nitrogen and oxygen atoms in total. The molecule has 9 heavy (non-hydrogen) atoms. The highest BCUT2D eigenvalue weighted by Crippen LogP contribution is 1.93. The van der Waals surface area contributed by atoms with Gasteiger partial charge < -0.3 is 4.57 Å². The Hall–Kier alpha value is -0.310. The van der Waals surface area contributed by atoms with Crippen LogP contribution in [0.3, 0.4) is 0 Å². The van der Waals surface area contributed by atoms with Gasteiger partial charge in [-0.15, -0.1) is 17.0 Å². The van der Waals surface area contributed by atoms with E-state index in [1.807, 2.05) is 12.5 Å². The first kappa shape index (κ1) is 8.69. The van der Waals surface area contributed by atoms with Crippen molar-refractivity contribution in [3.05, 3.63) is 18.2 Å². The van der Waals surface area contributed by atoms with Gasteiger partial charge in [-0.25, -0.2) is 4.98 Å². The molecule has 0 spiro atoms. The van der Waals surface area contributed by atoms with Gasteiger partial charge in [-0.3, -0.25) is 0 Å². The zero-order chi connectivity index (χ0) is 5.98. The highest BCUT2D eigenvalue weighted by molar-refractivity contribution is 8.93. The Kier molecular flexibility index (Phi) is 3.54. The van der Waals surface area contributed by atoms with Crippen molar-refractivity contribution in [2.45, 2.75) is 20.4 Å². The predicted molar refractivity (Wildman–Crippen MR) is 43.0 cm³/mol.